The molecule has 0 bridgehead atoms. The smallest absolute Gasteiger partial charge is 0.236 e. The van der Waals surface area contributed by atoms with E-state index in [9.17, 15) is 13.2 Å². The zero-order valence-corrected chi connectivity index (χ0v) is 14.0. The van der Waals surface area contributed by atoms with E-state index in [1.165, 1.54) is 14.1 Å². The number of amides is 1. The maximum Gasteiger partial charge on any atom is 0.236 e. The minimum atomic E-state index is -3.52. The Labute approximate surface area is 131 Å². The van der Waals surface area contributed by atoms with Gasteiger partial charge in [-0.25, -0.2) is 12.7 Å². The lowest BCUT2D eigenvalue weighted by molar-refractivity contribution is -0.118. The molecule has 0 aromatic heterocycles. The van der Waals surface area contributed by atoms with Crippen LogP contribution in [0.15, 0.2) is 24.3 Å². The van der Waals surface area contributed by atoms with E-state index in [1.807, 2.05) is 19.1 Å². The number of carbonyl (C=O) groups excluding carboxylic acids is 1. The van der Waals surface area contributed by atoms with Crippen LogP contribution in [-0.2, 0) is 14.8 Å². The number of nitrogens with one attached hydrogen (secondary N) is 1. The molecule has 0 unspecified atom stereocenters. The van der Waals surface area contributed by atoms with Crippen molar-refractivity contribution in [1.29, 1.82) is 0 Å². The van der Waals surface area contributed by atoms with Gasteiger partial charge in [0.2, 0.25) is 15.9 Å². The third kappa shape index (κ3) is 5.65. The van der Waals surface area contributed by atoms with Crippen LogP contribution < -0.4 is 5.32 Å². The van der Waals surface area contributed by atoms with Crippen molar-refractivity contribution in [2.45, 2.75) is 19.3 Å². The SMILES string of the molecule is CC[C@@H](CNC(=O)CS(=O)(=O)N(C)C)c1ccc(Cl)cc1. The summed E-state index contributed by atoms with van der Waals surface area (Å²) in [5.74, 6) is -0.888. The number of hydrogen-bond acceptors (Lipinski definition) is 3. The van der Waals surface area contributed by atoms with E-state index in [-0.39, 0.29) is 5.92 Å². The van der Waals surface area contributed by atoms with Crippen LogP contribution in [0.2, 0.25) is 5.02 Å². The predicted octanol–water partition coefficient (Wildman–Crippen LogP) is 1.84. The van der Waals surface area contributed by atoms with Gasteiger partial charge >= 0.3 is 0 Å². The van der Waals surface area contributed by atoms with Crippen molar-refractivity contribution in [2.24, 2.45) is 0 Å². The highest BCUT2D eigenvalue weighted by Crippen LogP contribution is 2.20. The lowest BCUT2D eigenvalue weighted by atomic mass is 9.96. The molecule has 1 amide bonds. The Hall–Kier alpha value is -1.11. The van der Waals surface area contributed by atoms with E-state index in [1.54, 1.807) is 12.1 Å². The number of nitrogens with zero attached hydrogens (tertiary/aromatic N) is 1. The molecule has 1 aromatic rings. The Morgan fingerprint density at radius 3 is 2.33 bits per heavy atom. The molecule has 5 nitrogen and oxygen atoms in total. The van der Waals surface area contributed by atoms with Crippen molar-refractivity contribution < 1.29 is 13.2 Å². The third-order valence-corrected chi connectivity index (χ3v) is 5.24. The zero-order chi connectivity index (χ0) is 16.0. The first-order valence-electron chi connectivity index (χ1n) is 6.68. The van der Waals surface area contributed by atoms with Crippen LogP contribution in [0.1, 0.15) is 24.8 Å². The predicted molar refractivity (Wildman–Crippen MR) is 85.0 cm³/mol. The molecular formula is C14H21ClN2O3S. The average molecular weight is 333 g/mol. The molecule has 0 aliphatic rings. The third-order valence-electron chi connectivity index (χ3n) is 3.25. The second kappa shape index (κ2) is 7.77. The summed E-state index contributed by atoms with van der Waals surface area (Å²) in [6.07, 6.45) is 0.836. The molecule has 1 N–H and O–H groups in total. The van der Waals surface area contributed by atoms with Crippen LogP contribution in [0.25, 0.3) is 0 Å². The fourth-order valence-corrected chi connectivity index (χ4v) is 2.63. The number of hydrogen-bond donors (Lipinski definition) is 1. The van der Waals surface area contributed by atoms with Gasteiger partial charge < -0.3 is 5.32 Å². The first-order valence-corrected chi connectivity index (χ1v) is 8.67. The maximum absolute atomic E-state index is 11.7. The van der Waals surface area contributed by atoms with Crippen LogP contribution >= 0.6 is 11.6 Å². The molecule has 7 heteroatoms. The molecule has 1 rings (SSSR count). The largest absolute Gasteiger partial charge is 0.355 e. The summed E-state index contributed by atoms with van der Waals surface area (Å²) in [5.41, 5.74) is 1.07. The minimum Gasteiger partial charge on any atom is -0.355 e. The highest BCUT2D eigenvalue weighted by molar-refractivity contribution is 7.89. The number of rotatable bonds is 7. The van der Waals surface area contributed by atoms with Crippen molar-refractivity contribution >= 4 is 27.5 Å². The molecule has 0 heterocycles. The Morgan fingerprint density at radius 2 is 1.86 bits per heavy atom. The Bertz CT molecular complexity index is 570. The fraction of sp³-hybridized carbons (Fsp3) is 0.500. The minimum absolute atomic E-state index is 0.133. The molecule has 0 spiro atoms. The summed E-state index contributed by atoms with van der Waals surface area (Å²) in [4.78, 5) is 11.7. The molecule has 0 saturated carbocycles. The molecule has 21 heavy (non-hydrogen) atoms. The van der Waals surface area contributed by atoms with Crippen LogP contribution in [0.3, 0.4) is 0 Å². The molecule has 0 radical (unpaired) electrons. The van der Waals surface area contributed by atoms with Gasteiger partial charge in [-0.1, -0.05) is 30.7 Å². The molecule has 118 valence electrons. The van der Waals surface area contributed by atoms with Crippen molar-refractivity contribution in [2.75, 3.05) is 26.4 Å². The van der Waals surface area contributed by atoms with Crippen molar-refractivity contribution in [3.63, 3.8) is 0 Å². The Balaban J connectivity index is 2.60. The van der Waals surface area contributed by atoms with Gasteiger partial charge in [0.15, 0.2) is 0 Å². The van der Waals surface area contributed by atoms with Crippen LogP contribution in [0.5, 0.6) is 0 Å². The van der Waals surface area contributed by atoms with Gasteiger partial charge in [-0.3, -0.25) is 4.79 Å². The van der Waals surface area contributed by atoms with E-state index < -0.39 is 21.7 Å². The molecular weight excluding hydrogens is 312 g/mol. The quantitative estimate of drug-likeness (QED) is 0.828. The molecule has 1 aromatic carbocycles. The number of carbonyl (C=O) groups is 1. The van der Waals surface area contributed by atoms with Gasteiger partial charge in [0, 0.05) is 31.6 Å². The molecule has 0 fully saturated rings. The molecule has 0 saturated heterocycles. The van der Waals surface area contributed by atoms with Crippen molar-refractivity contribution in [3.8, 4) is 0 Å². The topological polar surface area (TPSA) is 66.5 Å². The van der Waals surface area contributed by atoms with Gasteiger partial charge in [0.25, 0.3) is 0 Å². The van der Waals surface area contributed by atoms with Gasteiger partial charge in [0.05, 0.1) is 0 Å². The molecule has 1 atom stereocenters. The number of halogens is 1. The monoisotopic (exact) mass is 332 g/mol. The number of benzene rings is 1. The van der Waals surface area contributed by atoms with Gasteiger partial charge in [-0.05, 0) is 24.1 Å². The molecule has 0 aliphatic heterocycles. The fourth-order valence-electron chi connectivity index (χ4n) is 1.82. The summed E-state index contributed by atoms with van der Waals surface area (Å²) < 4.78 is 24.3. The standard InChI is InChI=1S/C14H21ClN2O3S/c1-4-11(12-5-7-13(15)8-6-12)9-16-14(18)10-21(19,20)17(2)3/h5-8,11H,4,9-10H2,1-3H3,(H,16,18)/t11-/m0/s1. The maximum atomic E-state index is 11.7. The second-order valence-corrected chi connectivity index (χ2v) is 7.62. The Kier molecular flexibility index (Phi) is 6.64. The summed E-state index contributed by atoms with van der Waals surface area (Å²) in [6.45, 7) is 2.42. The van der Waals surface area contributed by atoms with Crippen LogP contribution in [-0.4, -0.2) is 45.0 Å². The van der Waals surface area contributed by atoms with E-state index >= 15 is 0 Å². The summed E-state index contributed by atoms with van der Waals surface area (Å²) in [6, 6.07) is 7.44. The highest BCUT2D eigenvalue weighted by atomic mass is 35.5. The lowest BCUT2D eigenvalue weighted by Crippen LogP contribution is -2.37. The first kappa shape index (κ1) is 17.9. The van der Waals surface area contributed by atoms with Crippen molar-refractivity contribution in [1.82, 2.24) is 9.62 Å². The highest BCUT2D eigenvalue weighted by Gasteiger charge is 2.19. The van der Waals surface area contributed by atoms with Crippen LogP contribution in [0, 0.1) is 0 Å². The first-order chi connectivity index (χ1) is 9.76. The van der Waals surface area contributed by atoms with Gasteiger partial charge in [-0.15, -0.1) is 0 Å². The summed E-state index contributed by atoms with van der Waals surface area (Å²) >= 11 is 5.85. The van der Waals surface area contributed by atoms with Crippen LogP contribution in [0.4, 0.5) is 0 Å². The number of sulfonamides is 1. The van der Waals surface area contributed by atoms with E-state index in [2.05, 4.69) is 5.32 Å². The normalized spacial score (nSPS) is 13.2. The van der Waals surface area contributed by atoms with Gasteiger partial charge in [-0.2, -0.15) is 0 Å². The van der Waals surface area contributed by atoms with Crippen molar-refractivity contribution in [3.05, 3.63) is 34.9 Å². The lowest BCUT2D eigenvalue weighted by Gasteiger charge is -2.17. The van der Waals surface area contributed by atoms with E-state index in [4.69, 9.17) is 11.6 Å². The van der Waals surface area contributed by atoms with Gasteiger partial charge in [0.1, 0.15) is 5.75 Å². The summed E-state index contributed by atoms with van der Waals surface area (Å²) in [5, 5.41) is 3.34. The van der Waals surface area contributed by atoms with E-state index in [0.29, 0.717) is 11.6 Å². The van der Waals surface area contributed by atoms with E-state index in [0.717, 1.165) is 16.3 Å². The average Bonchev–Trinajstić information content (AvgIpc) is 2.40. The second-order valence-electron chi connectivity index (χ2n) is 5.00. The molecule has 0 aliphatic carbocycles. The summed E-state index contributed by atoms with van der Waals surface area (Å²) in [7, 11) is -0.703. The zero-order valence-electron chi connectivity index (χ0n) is 12.5. The Morgan fingerprint density at radius 1 is 1.29 bits per heavy atom.